The molecule has 0 spiro atoms. The summed E-state index contributed by atoms with van der Waals surface area (Å²) < 4.78 is 1.74. The maximum Gasteiger partial charge on any atom is 0.231 e. The summed E-state index contributed by atoms with van der Waals surface area (Å²) in [6.07, 6.45) is 1.52. The van der Waals surface area contributed by atoms with Gasteiger partial charge in [0.15, 0.2) is 17.0 Å². The van der Waals surface area contributed by atoms with Gasteiger partial charge in [0.1, 0.15) is 6.33 Å². The molecule has 0 radical (unpaired) electrons. The van der Waals surface area contributed by atoms with Gasteiger partial charge in [0.2, 0.25) is 5.91 Å². The van der Waals surface area contributed by atoms with Crippen LogP contribution in [-0.2, 0) is 11.3 Å². The van der Waals surface area contributed by atoms with Crippen molar-refractivity contribution in [1.82, 2.24) is 25.0 Å². The SMILES string of the molecule is CCn1nnc2c(N3CC(C(=O)Nc4ccccc4C)C3)ncnc21. The standard InChI is InChI=1S/C17H19N7O/c1-3-24-16-14(21-22-24)15(18-10-19-16)23-8-12(9-23)17(25)20-13-7-5-4-6-11(13)2/h4-7,10,12H,3,8-9H2,1-2H3,(H,20,25). The summed E-state index contributed by atoms with van der Waals surface area (Å²) in [4.78, 5) is 23.1. The zero-order valence-corrected chi connectivity index (χ0v) is 14.2. The Labute approximate surface area is 144 Å². The Bertz CT molecular complexity index is 930. The van der Waals surface area contributed by atoms with Gasteiger partial charge in [0, 0.05) is 25.3 Å². The molecule has 1 fully saturated rings. The molecule has 8 nitrogen and oxygen atoms in total. The number of carbonyl (C=O) groups excluding carboxylic acids is 1. The first-order chi connectivity index (χ1) is 12.2. The van der Waals surface area contributed by atoms with Gasteiger partial charge in [-0.15, -0.1) is 5.10 Å². The van der Waals surface area contributed by atoms with E-state index in [9.17, 15) is 4.79 Å². The fourth-order valence-electron chi connectivity index (χ4n) is 2.99. The fraction of sp³-hybridized carbons (Fsp3) is 0.353. The van der Waals surface area contributed by atoms with E-state index in [4.69, 9.17) is 0 Å². The van der Waals surface area contributed by atoms with Crippen molar-refractivity contribution in [3.63, 3.8) is 0 Å². The molecule has 0 saturated carbocycles. The largest absolute Gasteiger partial charge is 0.353 e. The smallest absolute Gasteiger partial charge is 0.231 e. The number of benzene rings is 1. The first-order valence-electron chi connectivity index (χ1n) is 8.33. The number of para-hydroxylation sites is 1. The molecule has 25 heavy (non-hydrogen) atoms. The molecule has 128 valence electrons. The van der Waals surface area contributed by atoms with Crippen LogP contribution in [0.5, 0.6) is 0 Å². The van der Waals surface area contributed by atoms with E-state index in [1.54, 1.807) is 4.68 Å². The van der Waals surface area contributed by atoms with Crippen molar-refractivity contribution in [3.05, 3.63) is 36.2 Å². The van der Waals surface area contributed by atoms with Crippen LogP contribution in [0.3, 0.4) is 0 Å². The number of hydrogen-bond donors (Lipinski definition) is 1. The van der Waals surface area contributed by atoms with Gasteiger partial charge in [-0.1, -0.05) is 23.4 Å². The van der Waals surface area contributed by atoms with Gasteiger partial charge in [0.25, 0.3) is 0 Å². The molecule has 2 aromatic heterocycles. The summed E-state index contributed by atoms with van der Waals surface area (Å²) in [5.74, 6) is 0.712. The molecule has 0 aliphatic carbocycles. The number of aryl methyl sites for hydroxylation is 2. The summed E-state index contributed by atoms with van der Waals surface area (Å²) in [5.41, 5.74) is 3.32. The normalized spacial score (nSPS) is 14.6. The van der Waals surface area contributed by atoms with Crippen molar-refractivity contribution < 1.29 is 4.79 Å². The second-order valence-electron chi connectivity index (χ2n) is 6.18. The number of nitrogens with one attached hydrogen (secondary N) is 1. The van der Waals surface area contributed by atoms with E-state index in [1.807, 2.05) is 43.0 Å². The van der Waals surface area contributed by atoms with Crippen LogP contribution in [0.25, 0.3) is 11.2 Å². The fourth-order valence-corrected chi connectivity index (χ4v) is 2.99. The lowest BCUT2D eigenvalue weighted by Gasteiger charge is -2.38. The highest BCUT2D eigenvalue weighted by molar-refractivity contribution is 5.95. The minimum absolute atomic E-state index is 0.0352. The van der Waals surface area contributed by atoms with Crippen molar-refractivity contribution in [3.8, 4) is 0 Å². The number of amides is 1. The minimum atomic E-state index is -0.0640. The zero-order chi connectivity index (χ0) is 17.4. The van der Waals surface area contributed by atoms with Gasteiger partial charge in [-0.3, -0.25) is 4.79 Å². The number of aromatic nitrogens is 5. The number of carbonyl (C=O) groups is 1. The van der Waals surface area contributed by atoms with E-state index < -0.39 is 0 Å². The summed E-state index contributed by atoms with van der Waals surface area (Å²) in [5, 5.41) is 11.3. The summed E-state index contributed by atoms with van der Waals surface area (Å²) in [6, 6.07) is 7.78. The highest BCUT2D eigenvalue weighted by Crippen LogP contribution is 2.28. The van der Waals surface area contributed by atoms with Gasteiger partial charge in [-0.05, 0) is 25.5 Å². The van der Waals surface area contributed by atoms with E-state index in [0.717, 1.165) is 22.7 Å². The lowest BCUT2D eigenvalue weighted by Crippen LogP contribution is -2.52. The topological polar surface area (TPSA) is 88.8 Å². The van der Waals surface area contributed by atoms with E-state index in [1.165, 1.54) is 6.33 Å². The minimum Gasteiger partial charge on any atom is -0.353 e. The first-order valence-corrected chi connectivity index (χ1v) is 8.33. The van der Waals surface area contributed by atoms with Gasteiger partial charge < -0.3 is 10.2 Å². The van der Waals surface area contributed by atoms with Gasteiger partial charge in [0.05, 0.1) is 5.92 Å². The third-order valence-corrected chi connectivity index (χ3v) is 4.54. The summed E-state index contributed by atoms with van der Waals surface area (Å²) in [7, 11) is 0. The quantitative estimate of drug-likeness (QED) is 0.778. The third kappa shape index (κ3) is 2.69. The van der Waals surface area contributed by atoms with Crippen molar-refractivity contribution >= 4 is 28.6 Å². The maximum absolute atomic E-state index is 12.4. The lowest BCUT2D eigenvalue weighted by molar-refractivity contribution is -0.120. The van der Waals surface area contributed by atoms with Gasteiger partial charge in [-0.2, -0.15) is 0 Å². The van der Waals surface area contributed by atoms with Crippen LogP contribution >= 0.6 is 0 Å². The first kappa shape index (κ1) is 15.5. The molecule has 8 heteroatoms. The highest BCUT2D eigenvalue weighted by atomic mass is 16.2. The molecule has 0 unspecified atom stereocenters. The number of rotatable bonds is 4. The van der Waals surface area contributed by atoms with Crippen LogP contribution in [0, 0.1) is 12.8 Å². The Kier molecular flexibility index (Phi) is 3.79. The van der Waals surface area contributed by atoms with Crippen LogP contribution in [0.1, 0.15) is 12.5 Å². The Morgan fingerprint density at radius 1 is 1.28 bits per heavy atom. The van der Waals surface area contributed by atoms with Gasteiger partial charge >= 0.3 is 0 Å². The van der Waals surface area contributed by atoms with E-state index in [2.05, 4.69) is 25.6 Å². The summed E-state index contributed by atoms with van der Waals surface area (Å²) in [6.45, 7) is 5.91. The van der Waals surface area contributed by atoms with E-state index in [0.29, 0.717) is 25.2 Å². The average molecular weight is 337 g/mol. The van der Waals surface area contributed by atoms with Crippen molar-refractivity contribution in [1.29, 1.82) is 0 Å². The predicted molar refractivity (Wildman–Crippen MR) is 94.3 cm³/mol. The molecule has 1 amide bonds. The molecule has 1 aliphatic heterocycles. The Morgan fingerprint density at radius 2 is 2.08 bits per heavy atom. The molecule has 3 heterocycles. The molecule has 0 bridgehead atoms. The number of nitrogens with zero attached hydrogens (tertiary/aromatic N) is 6. The maximum atomic E-state index is 12.4. The van der Waals surface area contributed by atoms with E-state index >= 15 is 0 Å². The van der Waals surface area contributed by atoms with Crippen LogP contribution in [0.2, 0.25) is 0 Å². The molecule has 1 aromatic carbocycles. The molecular formula is C17H19N7O. The lowest BCUT2D eigenvalue weighted by atomic mass is 9.98. The second-order valence-corrected chi connectivity index (χ2v) is 6.18. The zero-order valence-electron chi connectivity index (χ0n) is 14.2. The number of anilines is 2. The number of fused-ring (bicyclic) bond motifs is 1. The second kappa shape index (κ2) is 6.12. The molecule has 4 rings (SSSR count). The van der Waals surface area contributed by atoms with Crippen molar-refractivity contribution in [2.24, 2.45) is 5.92 Å². The van der Waals surface area contributed by atoms with Crippen LogP contribution < -0.4 is 10.2 Å². The molecule has 0 atom stereocenters. The Hall–Kier alpha value is -3.03. The van der Waals surface area contributed by atoms with E-state index in [-0.39, 0.29) is 11.8 Å². The highest BCUT2D eigenvalue weighted by Gasteiger charge is 2.35. The van der Waals surface area contributed by atoms with Crippen LogP contribution in [-0.4, -0.2) is 44.0 Å². The van der Waals surface area contributed by atoms with Crippen molar-refractivity contribution in [2.75, 3.05) is 23.3 Å². The Morgan fingerprint density at radius 3 is 2.84 bits per heavy atom. The third-order valence-electron chi connectivity index (χ3n) is 4.54. The van der Waals surface area contributed by atoms with Gasteiger partial charge in [-0.25, -0.2) is 14.6 Å². The summed E-state index contributed by atoms with van der Waals surface area (Å²) >= 11 is 0. The van der Waals surface area contributed by atoms with Crippen LogP contribution in [0.4, 0.5) is 11.5 Å². The molecular weight excluding hydrogens is 318 g/mol. The molecule has 1 N–H and O–H groups in total. The Balaban J connectivity index is 1.46. The van der Waals surface area contributed by atoms with Crippen LogP contribution in [0.15, 0.2) is 30.6 Å². The predicted octanol–water partition coefficient (Wildman–Crippen LogP) is 1.62. The number of hydrogen-bond acceptors (Lipinski definition) is 6. The molecule has 3 aromatic rings. The van der Waals surface area contributed by atoms with Crippen molar-refractivity contribution in [2.45, 2.75) is 20.4 Å². The molecule has 1 aliphatic rings. The average Bonchev–Trinajstić information content (AvgIpc) is 2.99. The monoisotopic (exact) mass is 337 g/mol. The molecule has 1 saturated heterocycles.